The largest absolute Gasteiger partial charge is 0.493 e. The summed E-state index contributed by atoms with van der Waals surface area (Å²) in [6, 6.07) is 11.8. The fraction of sp³-hybridized carbons (Fsp3) is 0.531. The zero-order valence-electron chi connectivity index (χ0n) is 25.6. The number of nitrogens with zero attached hydrogens (tertiary/aromatic N) is 4. The lowest BCUT2D eigenvalue weighted by molar-refractivity contribution is 0.0979. The summed E-state index contributed by atoms with van der Waals surface area (Å²) in [7, 11) is 3.29. The Labute approximate surface area is 254 Å². The number of hydrogen-bond acceptors (Lipinski definition) is 7. The zero-order valence-corrected chi connectivity index (χ0v) is 26.5. The molecular formula is C32H43N5O5S. The number of nitrogens with one attached hydrogen (secondary N) is 1. The lowest BCUT2D eigenvalue weighted by atomic mass is 9.81. The number of benzene rings is 2. The van der Waals surface area contributed by atoms with Crippen LogP contribution in [0.5, 0.6) is 11.5 Å². The van der Waals surface area contributed by atoms with Crippen LogP contribution in [0.2, 0.25) is 0 Å². The summed E-state index contributed by atoms with van der Waals surface area (Å²) in [6.07, 6.45) is 5.82. The van der Waals surface area contributed by atoms with Crippen molar-refractivity contribution < 1.29 is 22.7 Å². The second-order valence-corrected chi connectivity index (χ2v) is 14.1. The van der Waals surface area contributed by atoms with Gasteiger partial charge in [-0.25, -0.2) is 4.72 Å². The van der Waals surface area contributed by atoms with Crippen molar-refractivity contribution in [2.45, 2.75) is 50.6 Å². The molecule has 1 saturated carbocycles. The molecule has 0 spiro atoms. The average molecular weight is 610 g/mol. The molecule has 3 aromatic rings. The van der Waals surface area contributed by atoms with E-state index in [0.29, 0.717) is 36.9 Å². The van der Waals surface area contributed by atoms with Crippen molar-refractivity contribution in [1.82, 2.24) is 23.4 Å². The summed E-state index contributed by atoms with van der Waals surface area (Å²) in [5, 5.41) is 1.11. The predicted octanol–water partition coefficient (Wildman–Crippen LogP) is 3.91. The van der Waals surface area contributed by atoms with E-state index in [2.05, 4.69) is 32.2 Å². The number of likely N-dealkylation sites (N-methyl/N-ethyl adjacent to an activating group) is 3. The first kappa shape index (κ1) is 29.9. The second-order valence-electron chi connectivity index (χ2n) is 12.3. The van der Waals surface area contributed by atoms with Crippen LogP contribution in [0.1, 0.15) is 53.9 Å². The lowest BCUT2D eigenvalue weighted by Gasteiger charge is -2.34. The molecule has 1 aliphatic carbocycles. The summed E-state index contributed by atoms with van der Waals surface area (Å²) < 4.78 is 44.4. The van der Waals surface area contributed by atoms with Gasteiger partial charge in [-0.2, -0.15) is 12.7 Å². The van der Waals surface area contributed by atoms with Gasteiger partial charge in [-0.1, -0.05) is 31.4 Å². The van der Waals surface area contributed by atoms with E-state index in [4.69, 9.17) is 9.47 Å². The molecule has 11 heteroatoms. The third kappa shape index (κ3) is 5.75. The molecule has 1 N–H and O–H groups in total. The van der Waals surface area contributed by atoms with Crippen molar-refractivity contribution in [3.05, 3.63) is 47.5 Å². The monoisotopic (exact) mass is 609 g/mol. The maximum Gasteiger partial charge on any atom is 0.303 e. The van der Waals surface area contributed by atoms with E-state index < -0.39 is 16.1 Å². The van der Waals surface area contributed by atoms with Gasteiger partial charge in [-0.15, -0.1) is 0 Å². The fourth-order valence-corrected chi connectivity index (χ4v) is 7.66. The predicted molar refractivity (Wildman–Crippen MR) is 168 cm³/mol. The van der Waals surface area contributed by atoms with Crippen LogP contribution >= 0.6 is 0 Å². The smallest absolute Gasteiger partial charge is 0.303 e. The molecule has 4 bridgehead atoms. The highest BCUT2D eigenvalue weighted by Crippen LogP contribution is 2.49. The highest BCUT2D eigenvalue weighted by molar-refractivity contribution is 7.87. The van der Waals surface area contributed by atoms with Gasteiger partial charge < -0.3 is 18.9 Å². The van der Waals surface area contributed by atoms with Gasteiger partial charge >= 0.3 is 10.2 Å². The molecule has 0 saturated heterocycles. The summed E-state index contributed by atoms with van der Waals surface area (Å²) in [5.74, 6) is 1.18. The van der Waals surface area contributed by atoms with E-state index in [1.165, 1.54) is 36.2 Å². The Morgan fingerprint density at radius 1 is 0.977 bits per heavy atom. The van der Waals surface area contributed by atoms with Gasteiger partial charge in [0.2, 0.25) is 0 Å². The molecule has 3 aliphatic rings. The first-order valence-electron chi connectivity index (χ1n) is 15.3. The summed E-state index contributed by atoms with van der Waals surface area (Å²) in [5.41, 5.74) is 4.64. The van der Waals surface area contributed by atoms with Crippen molar-refractivity contribution in [3.63, 3.8) is 0 Å². The van der Waals surface area contributed by atoms with E-state index in [1.807, 2.05) is 31.3 Å². The first-order chi connectivity index (χ1) is 20.7. The molecule has 2 aliphatic heterocycles. The molecule has 2 aromatic carbocycles. The molecular weight excluding hydrogens is 566 g/mol. The van der Waals surface area contributed by atoms with Crippen molar-refractivity contribution in [2.24, 2.45) is 0 Å². The maximum absolute atomic E-state index is 13.4. The fourth-order valence-electron chi connectivity index (χ4n) is 6.83. The Balaban J connectivity index is 1.60. The molecule has 10 nitrogen and oxygen atoms in total. The molecule has 232 valence electrons. The van der Waals surface area contributed by atoms with Crippen LogP contribution in [-0.4, -0.2) is 100 Å². The SMILES string of the molecule is COc1cccc2c1OCC1Cn3c-2c(C2CCCCC2)c2ccc(cc23)C(=O)NS(=O)(=O)N(C)CCN(C)CCN1C. The highest BCUT2D eigenvalue weighted by Gasteiger charge is 2.33. The van der Waals surface area contributed by atoms with E-state index in [1.54, 1.807) is 13.2 Å². The minimum absolute atomic E-state index is 0.0495. The van der Waals surface area contributed by atoms with Crippen LogP contribution < -0.4 is 14.2 Å². The third-order valence-electron chi connectivity index (χ3n) is 9.53. The van der Waals surface area contributed by atoms with Gasteiger partial charge in [0.05, 0.1) is 18.8 Å². The van der Waals surface area contributed by atoms with E-state index >= 15 is 0 Å². The van der Waals surface area contributed by atoms with E-state index in [-0.39, 0.29) is 12.6 Å². The van der Waals surface area contributed by atoms with Gasteiger partial charge in [-0.3, -0.25) is 9.69 Å². The molecule has 6 rings (SSSR count). The Kier molecular flexibility index (Phi) is 8.43. The van der Waals surface area contributed by atoms with Crippen molar-refractivity contribution in [2.75, 3.05) is 61.0 Å². The Morgan fingerprint density at radius 3 is 2.51 bits per heavy atom. The van der Waals surface area contributed by atoms with Crippen LogP contribution in [0, 0.1) is 0 Å². The Bertz CT molecular complexity index is 1610. The maximum atomic E-state index is 13.4. The molecule has 1 fully saturated rings. The van der Waals surface area contributed by atoms with Gasteiger partial charge in [0, 0.05) is 61.8 Å². The number of carbonyl (C=O) groups is 1. The Morgan fingerprint density at radius 2 is 1.74 bits per heavy atom. The van der Waals surface area contributed by atoms with E-state index in [9.17, 15) is 13.2 Å². The topological polar surface area (TPSA) is 96.3 Å². The van der Waals surface area contributed by atoms with Crippen LogP contribution in [0.3, 0.4) is 0 Å². The van der Waals surface area contributed by atoms with Crippen LogP contribution in [-0.2, 0) is 16.8 Å². The quantitative estimate of drug-likeness (QED) is 0.471. The van der Waals surface area contributed by atoms with Crippen LogP contribution in [0.4, 0.5) is 0 Å². The molecule has 1 amide bonds. The number of para-hydroxylation sites is 1. The van der Waals surface area contributed by atoms with Gasteiger partial charge in [-0.05, 0) is 62.7 Å². The van der Waals surface area contributed by atoms with Gasteiger partial charge in [0.1, 0.15) is 6.61 Å². The minimum Gasteiger partial charge on any atom is -0.493 e. The molecule has 1 aromatic heterocycles. The number of fused-ring (bicyclic) bond motifs is 4. The number of ether oxygens (including phenoxy) is 2. The summed E-state index contributed by atoms with van der Waals surface area (Å²) in [6.45, 7) is 3.49. The molecule has 0 radical (unpaired) electrons. The molecule has 43 heavy (non-hydrogen) atoms. The summed E-state index contributed by atoms with van der Waals surface area (Å²) >= 11 is 0. The molecule has 1 atom stereocenters. The number of methoxy groups -OCH3 is 1. The van der Waals surface area contributed by atoms with Crippen molar-refractivity contribution in [3.8, 4) is 22.8 Å². The average Bonchev–Trinajstić information content (AvgIpc) is 3.31. The number of hydrogen-bond donors (Lipinski definition) is 1. The number of amides is 1. The number of rotatable bonds is 2. The zero-order chi connectivity index (χ0) is 30.3. The molecule has 1 unspecified atom stereocenters. The van der Waals surface area contributed by atoms with Gasteiger partial charge in [0.25, 0.3) is 5.91 Å². The standard InChI is InChI=1S/C32H43N5O5S/c1-34-15-17-35(2)24-20-37-27-19-23(32(38)33-43(39,40)36(3)18-16-34)13-14-25(27)29(22-9-6-5-7-10-22)30(37)26-11-8-12-28(41-4)31(26)42-21-24/h8,11-14,19,22,24H,5-7,9-10,15-18,20-21H2,1-4H3,(H,33,38). The highest BCUT2D eigenvalue weighted by atomic mass is 32.2. The number of aromatic nitrogens is 1. The Hall–Kier alpha value is -3.12. The van der Waals surface area contributed by atoms with E-state index in [0.717, 1.165) is 53.8 Å². The van der Waals surface area contributed by atoms with Crippen LogP contribution in [0.25, 0.3) is 22.2 Å². The number of carbonyl (C=O) groups excluding carboxylic acids is 1. The lowest BCUT2D eigenvalue weighted by Crippen LogP contribution is -2.46. The molecule has 3 heterocycles. The minimum atomic E-state index is -4.00. The van der Waals surface area contributed by atoms with Crippen molar-refractivity contribution >= 4 is 27.0 Å². The van der Waals surface area contributed by atoms with Crippen LogP contribution in [0.15, 0.2) is 36.4 Å². The summed E-state index contributed by atoms with van der Waals surface area (Å²) in [4.78, 5) is 17.9. The third-order valence-corrected chi connectivity index (χ3v) is 11.0. The first-order valence-corrected chi connectivity index (χ1v) is 16.8. The normalized spacial score (nSPS) is 23.0. The second kappa shape index (κ2) is 12.1. The van der Waals surface area contributed by atoms with Gasteiger partial charge in [0.15, 0.2) is 11.5 Å². The van der Waals surface area contributed by atoms with Crippen molar-refractivity contribution in [1.29, 1.82) is 0 Å².